The number of hydrogen-bond acceptors (Lipinski definition) is 5. The van der Waals surface area contributed by atoms with Crippen LogP contribution < -0.4 is 5.32 Å². The largest absolute Gasteiger partial charge is 0.481 e. The molecule has 0 saturated carbocycles. The van der Waals surface area contributed by atoms with E-state index in [2.05, 4.69) is 15.3 Å². The third kappa shape index (κ3) is 2.51. The quantitative estimate of drug-likeness (QED) is 0.753. The predicted octanol–water partition coefficient (Wildman–Crippen LogP) is 0.694. The topological polar surface area (TPSA) is 75.1 Å². The van der Waals surface area contributed by atoms with Crippen molar-refractivity contribution in [3.8, 4) is 0 Å². The average Bonchev–Trinajstić information content (AvgIpc) is 2.17. The van der Waals surface area contributed by atoms with Crippen LogP contribution in [0.1, 0.15) is 12.0 Å². The van der Waals surface area contributed by atoms with Crippen LogP contribution in [0, 0.1) is 6.92 Å². The summed E-state index contributed by atoms with van der Waals surface area (Å²) in [7, 11) is 0. The van der Waals surface area contributed by atoms with E-state index >= 15 is 0 Å². The first kappa shape index (κ1) is 11.3. The second kappa shape index (κ2) is 4.39. The van der Waals surface area contributed by atoms with Gasteiger partial charge in [0.15, 0.2) is 5.16 Å². The maximum absolute atomic E-state index is 10.8. The first-order valence-corrected chi connectivity index (χ1v) is 5.81. The minimum absolute atomic E-state index is 0.141. The second-order valence-corrected chi connectivity index (χ2v) is 5.44. The van der Waals surface area contributed by atoms with Gasteiger partial charge in [0.2, 0.25) is 0 Å². The van der Waals surface area contributed by atoms with Crippen molar-refractivity contribution in [3.63, 3.8) is 0 Å². The van der Waals surface area contributed by atoms with Crippen LogP contribution in [0.25, 0.3) is 0 Å². The van der Waals surface area contributed by atoms with Crippen LogP contribution in [0.2, 0.25) is 0 Å². The minimum Gasteiger partial charge on any atom is -0.481 e. The molecule has 16 heavy (non-hydrogen) atoms. The minimum atomic E-state index is -0.777. The van der Waals surface area contributed by atoms with Gasteiger partial charge in [0, 0.05) is 25.5 Å². The molecule has 2 rings (SSSR count). The Morgan fingerprint density at radius 2 is 2.19 bits per heavy atom. The lowest BCUT2D eigenvalue weighted by atomic mass is 9.98. The molecule has 5 nitrogen and oxygen atoms in total. The molecular formula is C10H13N3O2S. The smallest absolute Gasteiger partial charge is 0.304 e. The van der Waals surface area contributed by atoms with Crippen molar-refractivity contribution >= 4 is 17.7 Å². The number of carboxylic acid groups (broad SMARTS) is 1. The summed E-state index contributed by atoms with van der Waals surface area (Å²) in [6.07, 6.45) is 3.63. The van der Waals surface area contributed by atoms with E-state index < -0.39 is 5.97 Å². The molecule has 0 amide bonds. The van der Waals surface area contributed by atoms with E-state index in [1.165, 1.54) is 11.8 Å². The van der Waals surface area contributed by atoms with Crippen LogP contribution in [0.5, 0.6) is 0 Å². The number of rotatable bonds is 4. The Hall–Kier alpha value is -1.14. The van der Waals surface area contributed by atoms with E-state index in [1.807, 2.05) is 6.92 Å². The predicted molar refractivity (Wildman–Crippen MR) is 60.5 cm³/mol. The first-order valence-electron chi connectivity index (χ1n) is 5.00. The Labute approximate surface area is 97.7 Å². The highest BCUT2D eigenvalue weighted by Gasteiger charge is 2.41. The molecule has 1 aliphatic heterocycles. The van der Waals surface area contributed by atoms with Crippen LogP contribution >= 0.6 is 11.8 Å². The van der Waals surface area contributed by atoms with E-state index in [0.717, 1.165) is 5.56 Å². The summed E-state index contributed by atoms with van der Waals surface area (Å²) in [5.41, 5.74) is 1.00. The zero-order valence-electron chi connectivity index (χ0n) is 8.93. The lowest BCUT2D eigenvalue weighted by Crippen LogP contribution is -2.58. The Bertz CT molecular complexity index is 390. The second-order valence-electron chi connectivity index (χ2n) is 4.00. The fourth-order valence-corrected chi connectivity index (χ4v) is 2.68. The summed E-state index contributed by atoms with van der Waals surface area (Å²) in [6, 6.07) is 0. The average molecular weight is 239 g/mol. The van der Waals surface area contributed by atoms with E-state index in [1.54, 1.807) is 12.4 Å². The van der Waals surface area contributed by atoms with Crippen molar-refractivity contribution in [1.82, 2.24) is 15.3 Å². The molecule has 1 aromatic heterocycles. The standard InChI is InChI=1S/C10H13N3O2S/c1-7-3-12-9(13-4-7)16-10(2-8(14)15)5-11-6-10/h3-4,11H,2,5-6H2,1H3,(H,14,15). The third-order valence-electron chi connectivity index (χ3n) is 2.43. The zero-order valence-corrected chi connectivity index (χ0v) is 9.75. The summed E-state index contributed by atoms with van der Waals surface area (Å²) in [5, 5.41) is 12.6. The highest BCUT2D eigenvalue weighted by Crippen LogP contribution is 2.36. The number of carbonyl (C=O) groups is 1. The molecule has 6 heteroatoms. The lowest BCUT2D eigenvalue weighted by molar-refractivity contribution is -0.138. The molecule has 0 atom stereocenters. The van der Waals surface area contributed by atoms with Gasteiger partial charge >= 0.3 is 5.97 Å². The summed E-state index contributed by atoms with van der Waals surface area (Å²) >= 11 is 1.45. The molecule has 1 fully saturated rings. The van der Waals surface area contributed by atoms with Gasteiger partial charge in [-0.05, 0) is 12.5 Å². The van der Waals surface area contributed by atoms with E-state index in [4.69, 9.17) is 5.11 Å². The van der Waals surface area contributed by atoms with Gasteiger partial charge in [0.25, 0.3) is 0 Å². The lowest BCUT2D eigenvalue weighted by Gasteiger charge is -2.40. The van der Waals surface area contributed by atoms with Gasteiger partial charge in [-0.15, -0.1) is 0 Å². The number of carboxylic acids is 1. The Morgan fingerprint density at radius 3 is 2.62 bits per heavy atom. The molecule has 2 N–H and O–H groups in total. The molecule has 0 bridgehead atoms. The van der Waals surface area contributed by atoms with Gasteiger partial charge in [-0.25, -0.2) is 9.97 Å². The van der Waals surface area contributed by atoms with Crippen LogP contribution in [-0.4, -0.2) is 38.9 Å². The van der Waals surface area contributed by atoms with Crippen molar-refractivity contribution in [3.05, 3.63) is 18.0 Å². The Morgan fingerprint density at radius 1 is 1.56 bits per heavy atom. The maximum atomic E-state index is 10.8. The highest BCUT2D eigenvalue weighted by atomic mass is 32.2. The molecule has 0 spiro atoms. The first-order chi connectivity index (χ1) is 7.60. The van der Waals surface area contributed by atoms with E-state index in [9.17, 15) is 4.79 Å². The number of nitrogens with zero attached hydrogens (tertiary/aromatic N) is 2. The molecule has 0 aromatic carbocycles. The van der Waals surface area contributed by atoms with Crippen LogP contribution in [0.3, 0.4) is 0 Å². The van der Waals surface area contributed by atoms with Crippen LogP contribution in [0.4, 0.5) is 0 Å². The number of aromatic nitrogens is 2. The van der Waals surface area contributed by atoms with Crippen molar-refractivity contribution in [2.24, 2.45) is 0 Å². The van der Waals surface area contributed by atoms with Crippen molar-refractivity contribution in [2.45, 2.75) is 23.2 Å². The molecule has 0 unspecified atom stereocenters. The molecule has 86 valence electrons. The van der Waals surface area contributed by atoms with Crippen LogP contribution in [0.15, 0.2) is 17.6 Å². The summed E-state index contributed by atoms with van der Waals surface area (Å²) in [6.45, 7) is 3.31. The molecule has 2 heterocycles. The van der Waals surface area contributed by atoms with E-state index in [-0.39, 0.29) is 11.2 Å². The number of hydrogen-bond donors (Lipinski definition) is 2. The van der Waals surface area contributed by atoms with E-state index in [0.29, 0.717) is 18.2 Å². The fraction of sp³-hybridized carbons (Fsp3) is 0.500. The van der Waals surface area contributed by atoms with Gasteiger partial charge in [0.05, 0.1) is 11.2 Å². The molecule has 0 radical (unpaired) electrons. The number of nitrogens with one attached hydrogen (secondary N) is 1. The summed E-state index contributed by atoms with van der Waals surface area (Å²) < 4.78 is -0.277. The summed E-state index contributed by atoms with van der Waals surface area (Å²) in [4.78, 5) is 19.1. The fourth-order valence-electron chi connectivity index (χ4n) is 1.54. The van der Waals surface area contributed by atoms with Gasteiger partial charge < -0.3 is 10.4 Å². The Kier molecular flexibility index (Phi) is 3.11. The van der Waals surface area contributed by atoms with Gasteiger partial charge in [-0.1, -0.05) is 11.8 Å². The number of aliphatic carboxylic acids is 1. The van der Waals surface area contributed by atoms with Crippen molar-refractivity contribution in [2.75, 3.05) is 13.1 Å². The monoisotopic (exact) mass is 239 g/mol. The SMILES string of the molecule is Cc1cnc(SC2(CC(=O)O)CNC2)nc1. The van der Waals surface area contributed by atoms with Gasteiger partial charge in [-0.2, -0.15) is 0 Å². The van der Waals surface area contributed by atoms with Gasteiger partial charge in [-0.3, -0.25) is 4.79 Å². The normalized spacial score (nSPS) is 17.8. The van der Waals surface area contributed by atoms with Gasteiger partial charge in [0.1, 0.15) is 0 Å². The molecular weight excluding hydrogens is 226 g/mol. The molecule has 1 saturated heterocycles. The third-order valence-corrected chi connectivity index (χ3v) is 3.69. The highest BCUT2D eigenvalue weighted by molar-refractivity contribution is 8.00. The van der Waals surface area contributed by atoms with Crippen LogP contribution in [-0.2, 0) is 4.79 Å². The number of thioether (sulfide) groups is 1. The van der Waals surface area contributed by atoms with Crippen molar-refractivity contribution in [1.29, 1.82) is 0 Å². The molecule has 1 aliphatic rings. The molecule has 0 aliphatic carbocycles. The molecule has 1 aromatic rings. The number of aryl methyl sites for hydroxylation is 1. The maximum Gasteiger partial charge on any atom is 0.304 e. The van der Waals surface area contributed by atoms with Crippen molar-refractivity contribution < 1.29 is 9.90 Å². The zero-order chi connectivity index (χ0) is 11.6. The Balaban J connectivity index is 2.06. The summed E-state index contributed by atoms with van der Waals surface area (Å²) in [5.74, 6) is -0.777.